The maximum absolute atomic E-state index is 12.3. The minimum Gasteiger partial charge on any atom is -0.481 e. The van der Waals surface area contributed by atoms with Crippen LogP contribution >= 0.6 is 0 Å². The van der Waals surface area contributed by atoms with Gasteiger partial charge in [0.05, 0.1) is 5.92 Å². The van der Waals surface area contributed by atoms with Gasteiger partial charge in [-0.3, -0.25) is 14.4 Å². The molecule has 2 rings (SSSR count). The van der Waals surface area contributed by atoms with Crippen LogP contribution in [0.3, 0.4) is 0 Å². The Morgan fingerprint density at radius 3 is 2.33 bits per heavy atom. The molecule has 21 heavy (non-hydrogen) atoms. The first-order chi connectivity index (χ1) is 9.99. The third kappa shape index (κ3) is 3.95. The molecule has 2 aliphatic rings. The van der Waals surface area contributed by atoms with Crippen molar-refractivity contribution in [2.45, 2.75) is 51.5 Å². The highest BCUT2D eigenvalue weighted by atomic mass is 16.4. The van der Waals surface area contributed by atoms with Crippen molar-refractivity contribution in [2.24, 2.45) is 11.8 Å². The summed E-state index contributed by atoms with van der Waals surface area (Å²) in [5, 5.41) is 11.8. The topological polar surface area (TPSA) is 86.7 Å². The van der Waals surface area contributed by atoms with Crippen LogP contribution in [0.2, 0.25) is 0 Å². The number of carboxylic acids is 1. The summed E-state index contributed by atoms with van der Waals surface area (Å²) in [7, 11) is 0. The maximum atomic E-state index is 12.3. The highest BCUT2D eigenvalue weighted by Gasteiger charge is 2.32. The van der Waals surface area contributed by atoms with E-state index in [-0.39, 0.29) is 24.3 Å². The van der Waals surface area contributed by atoms with Crippen molar-refractivity contribution in [3.63, 3.8) is 0 Å². The van der Waals surface area contributed by atoms with Crippen molar-refractivity contribution in [1.29, 1.82) is 0 Å². The van der Waals surface area contributed by atoms with Gasteiger partial charge in [-0.1, -0.05) is 12.8 Å². The molecule has 0 bridgehead atoms. The van der Waals surface area contributed by atoms with E-state index in [2.05, 4.69) is 5.32 Å². The van der Waals surface area contributed by atoms with Gasteiger partial charge >= 0.3 is 5.97 Å². The number of carbonyl (C=O) groups is 3. The first kappa shape index (κ1) is 15.8. The summed E-state index contributed by atoms with van der Waals surface area (Å²) in [4.78, 5) is 37.0. The predicted octanol–water partition coefficient (Wildman–Crippen LogP) is 1.00. The van der Waals surface area contributed by atoms with Gasteiger partial charge in [-0.15, -0.1) is 0 Å². The highest BCUT2D eigenvalue weighted by Crippen LogP contribution is 2.25. The average molecular weight is 296 g/mol. The first-order valence-electron chi connectivity index (χ1n) is 7.81. The molecule has 2 atom stereocenters. The van der Waals surface area contributed by atoms with Crippen LogP contribution in [-0.4, -0.2) is 46.9 Å². The Bertz CT molecular complexity index is 418. The molecule has 1 heterocycles. The van der Waals surface area contributed by atoms with E-state index < -0.39 is 17.9 Å². The van der Waals surface area contributed by atoms with Gasteiger partial charge in [0.15, 0.2) is 0 Å². The monoisotopic (exact) mass is 296 g/mol. The van der Waals surface area contributed by atoms with Crippen molar-refractivity contribution in [1.82, 2.24) is 10.2 Å². The zero-order valence-corrected chi connectivity index (χ0v) is 12.5. The fourth-order valence-electron chi connectivity index (χ4n) is 3.23. The summed E-state index contributed by atoms with van der Waals surface area (Å²) in [5.41, 5.74) is 0. The molecule has 6 heteroatoms. The van der Waals surface area contributed by atoms with Gasteiger partial charge in [0.25, 0.3) is 0 Å². The van der Waals surface area contributed by atoms with E-state index in [0.717, 1.165) is 25.7 Å². The molecule has 6 nitrogen and oxygen atoms in total. The number of likely N-dealkylation sites (tertiary alicyclic amines) is 1. The molecular weight excluding hydrogens is 272 g/mol. The number of carboxylic acid groups (broad SMARTS) is 1. The van der Waals surface area contributed by atoms with Crippen LogP contribution in [0.5, 0.6) is 0 Å². The van der Waals surface area contributed by atoms with Crippen molar-refractivity contribution < 1.29 is 19.5 Å². The fraction of sp³-hybridized carbons (Fsp3) is 0.800. The molecule has 0 aromatic heterocycles. The Kier molecular flexibility index (Phi) is 5.20. The lowest BCUT2D eigenvalue weighted by Gasteiger charge is -2.32. The van der Waals surface area contributed by atoms with Crippen LogP contribution in [0.4, 0.5) is 0 Å². The summed E-state index contributed by atoms with van der Waals surface area (Å²) in [6.45, 7) is 2.50. The molecule has 1 aliphatic heterocycles. The molecular formula is C15H24N2O4. The molecule has 0 aromatic rings. The van der Waals surface area contributed by atoms with Crippen molar-refractivity contribution >= 4 is 17.8 Å². The van der Waals surface area contributed by atoms with Crippen LogP contribution in [0.1, 0.15) is 45.4 Å². The maximum Gasteiger partial charge on any atom is 0.308 e. The van der Waals surface area contributed by atoms with Gasteiger partial charge in [-0.25, -0.2) is 0 Å². The minimum atomic E-state index is -0.852. The minimum absolute atomic E-state index is 0.0355. The molecule has 1 aliphatic carbocycles. The number of carbonyl (C=O) groups excluding carboxylic acids is 2. The Hall–Kier alpha value is -1.59. The molecule has 0 aromatic carbocycles. The standard InChI is InChI=1S/C15H24N2O4/c1-10(16-13(18)11-5-2-3-6-11)14(19)17-8-4-7-12(9-17)15(20)21/h10-12H,2-9H2,1H3,(H,16,18)(H,20,21). The normalized spacial score (nSPS) is 24.6. The Balaban J connectivity index is 1.86. The number of amides is 2. The second-order valence-electron chi connectivity index (χ2n) is 6.17. The van der Waals surface area contributed by atoms with Gasteiger partial charge in [0.1, 0.15) is 6.04 Å². The smallest absolute Gasteiger partial charge is 0.308 e. The van der Waals surface area contributed by atoms with E-state index in [0.29, 0.717) is 19.4 Å². The van der Waals surface area contributed by atoms with E-state index in [9.17, 15) is 14.4 Å². The number of hydrogen-bond acceptors (Lipinski definition) is 3. The van der Waals surface area contributed by atoms with Crippen LogP contribution in [0.25, 0.3) is 0 Å². The fourth-order valence-corrected chi connectivity index (χ4v) is 3.23. The average Bonchev–Trinajstić information content (AvgIpc) is 3.00. The van der Waals surface area contributed by atoms with Crippen LogP contribution in [0, 0.1) is 11.8 Å². The number of rotatable bonds is 4. The Labute approximate surface area is 124 Å². The second kappa shape index (κ2) is 6.91. The lowest BCUT2D eigenvalue weighted by Crippen LogP contribution is -2.51. The zero-order chi connectivity index (χ0) is 15.4. The van der Waals surface area contributed by atoms with Crippen LogP contribution < -0.4 is 5.32 Å². The van der Waals surface area contributed by atoms with Gasteiger partial charge in [0, 0.05) is 19.0 Å². The first-order valence-corrected chi connectivity index (χ1v) is 7.81. The molecule has 0 spiro atoms. The summed E-state index contributed by atoms with van der Waals surface area (Å²) in [6, 6.07) is -0.578. The summed E-state index contributed by atoms with van der Waals surface area (Å²) in [5.74, 6) is -1.52. The predicted molar refractivity (Wildman–Crippen MR) is 76.5 cm³/mol. The third-order valence-electron chi connectivity index (χ3n) is 4.54. The largest absolute Gasteiger partial charge is 0.481 e. The molecule has 2 fully saturated rings. The lowest BCUT2D eigenvalue weighted by atomic mass is 9.97. The number of piperidine rings is 1. The van der Waals surface area contributed by atoms with Gasteiger partial charge in [-0.05, 0) is 32.6 Å². The number of hydrogen-bond donors (Lipinski definition) is 2. The Morgan fingerprint density at radius 1 is 1.10 bits per heavy atom. The third-order valence-corrected chi connectivity index (χ3v) is 4.54. The van der Waals surface area contributed by atoms with E-state index in [4.69, 9.17) is 5.11 Å². The van der Waals surface area contributed by atoms with Crippen molar-refractivity contribution in [2.75, 3.05) is 13.1 Å². The van der Waals surface area contributed by atoms with Crippen molar-refractivity contribution in [3.8, 4) is 0 Å². The summed E-state index contributed by atoms with van der Waals surface area (Å²) in [6.07, 6.45) is 5.27. The van der Waals surface area contributed by atoms with Gasteiger partial charge < -0.3 is 15.3 Å². The molecule has 2 amide bonds. The van der Waals surface area contributed by atoms with E-state index in [1.165, 1.54) is 0 Å². The number of nitrogens with zero attached hydrogens (tertiary/aromatic N) is 1. The van der Waals surface area contributed by atoms with E-state index in [1.54, 1.807) is 11.8 Å². The molecule has 2 unspecified atom stereocenters. The zero-order valence-electron chi connectivity index (χ0n) is 12.5. The second-order valence-corrected chi connectivity index (χ2v) is 6.17. The quantitative estimate of drug-likeness (QED) is 0.810. The number of nitrogens with one attached hydrogen (secondary N) is 1. The highest BCUT2D eigenvalue weighted by molar-refractivity contribution is 5.88. The molecule has 2 N–H and O–H groups in total. The van der Waals surface area contributed by atoms with Crippen molar-refractivity contribution in [3.05, 3.63) is 0 Å². The van der Waals surface area contributed by atoms with Gasteiger partial charge in [-0.2, -0.15) is 0 Å². The van der Waals surface area contributed by atoms with Gasteiger partial charge in [0.2, 0.25) is 11.8 Å². The van der Waals surface area contributed by atoms with E-state index in [1.807, 2.05) is 0 Å². The van der Waals surface area contributed by atoms with Crippen LogP contribution in [-0.2, 0) is 14.4 Å². The molecule has 1 saturated heterocycles. The molecule has 118 valence electrons. The summed E-state index contributed by atoms with van der Waals surface area (Å²) < 4.78 is 0. The van der Waals surface area contributed by atoms with E-state index >= 15 is 0 Å². The summed E-state index contributed by atoms with van der Waals surface area (Å²) >= 11 is 0. The molecule has 0 radical (unpaired) electrons. The Morgan fingerprint density at radius 2 is 1.71 bits per heavy atom. The number of aliphatic carboxylic acids is 1. The van der Waals surface area contributed by atoms with Crippen LogP contribution in [0.15, 0.2) is 0 Å². The SMILES string of the molecule is CC(NC(=O)C1CCCC1)C(=O)N1CCCC(C(=O)O)C1. The molecule has 1 saturated carbocycles. The lowest BCUT2D eigenvalue weighted by molar-refractivity contribution is -0.147.